The van der Waals surface area contributed by atoms with Crippen molar-refractivity contribution in [1.82, 2.24) is 9.97 Å². The molecule has 0 saturated heterocycles. The van der Waals surface area contributed by atoms with Gasteiger partial charge in [0.2, 0.25) is 0 Å². The van der Waals surface area contributed by atoms with Crippen LogP contribution in [0.2, 0.25) is 0 Å². The molecule has 0 radical (unpaired) electrons. The van der Waals surface area contributed by atoms with Gasteiger partial charge in [-0.3, -0.25) is 0 Å². The van der Waals surface area contributed by atoms with Gasteiger partial charge in [-0.2, -0.15) is 0 Å². The molecular weight excluding hydrogens is 250 g/mol. The summed E-state index contributed by atoms with van der Waals surface area (Å²) in [7, 11) is 4.04. The van der Waals surface area contributed by atoms with E-state index < -0.39 is 0 Å². The molecule has 1 aromatic carbocycles. The zero-order chi connectivity index (χ0) is 14.7. The zero-order valence-electron chi connectivity index (χ0n) is 12.4. The van der Waals surface area contributed by atoms with Crippen molar-refractivity contribution < 1.29 is 0 Å². The molecule has 5 nitrogen and oxygen atoms in total. The summed E-state index contributed by atoms with van der Waals surface area (Å²) >= 11 is 0. The van der Waals surface area contributed by atoms with Gasteiger partial charge >= 0.3 is 0 Å². The van der Waals surface area contributed by atoms with E-state index in [-0.39, 0.29) is 5.92 Å². The summed E-state index contributed by atoms with van der Waals surface area (Å²) in [5, 5.41) is 3.31. The molecule has 106 valence electrons. The van der Waals surface area contributed by atoms with E-state index in [1.807, 2.05) is 26.2 Å². The van der Waals surface area contributed by atoms with Crippen LogP contribution in [0.3, 0.4) is 0 Å². The van der Waals surface area contributed by atoms with E-state index in [1.165, 1.54) is 6.33 Å². The molecule has 0 bridgehead atoms. The maximum Gasteiger partial charge on any atom is 0.139 e. The lowest BCUT2D eigenvalue weighted by atomic mass is 10.0. The van der Waals surface area contributed by atoms with Gasteiger partial charge in [0.15, 0.2) is 0 Å². The van der Waals surface area contributed by atoms with Crippen LogP contribution in [0, 0.1) is 0 Å². The fourth-order valence-electron chi connectivity index (χ4n) is 2.06. The number of benzene rings is 1. The van der Waals surface area contributed by atoms with E-state index in [9.17, 15) is 0 Å². The van der Waals surface area contributed by atoms with Crippen molar-refractivity contribution >= 4 is 23.0 Å². The molecule has 0 aliphatic heterocycles. The van der Waals surface area contributed by atoms with Crippen molar-refractivity contribution in [2.24, 2.45) is 0 Å². The highest BCUT2D eigenvalue weighted by Gasteiger charge is 2.13. The van der Waals surface area contributed by atoms with Gasteiger partial charge < -0.3 is 16.0 Å². The highest BCUT2D eigenvalue weighted by Crippen LogP contribution is 2.29. The molecule has 0 amide bonds. The van der Waals surface area contributed by atoms with Crippen LogP contribution in [-0.4, -0.2) is 24.1 Å². The number of nitrogens with one attached hydrogen (secondary N) is 1. The third-order valence-corrected chi connectivity index (χ3v) is 3.14. The first-order valence-corrected chi connectivity index (χ1v) is 6.64. The number of hydrogen-bond acceptors (Lipinski definition) is 5. The van der Waals surface area contributed by atoms with Gasteiger partial charge in [-0.05, 0) is 30.2 Å². The second kappa shape index (κ2) is 5.77. The molecule has 2 aromatic rings. The molecule has 1 aromatic heterocycles. The SMILES string of the molecule is CC(C)c1c(N)ncnc1Nc1ccc(N(C)C)cc1. The van der Waals surface area contributed by atoms with E-state index in [2.05, 4.69) is 46.2 Å². The van der Waals surface area contributed by atoms with Crippen LogP contribution in [0.4, 0.5) is 23.0 Å². The Morgan fingerprint density at radius 3 is 2.30 bits per heavy atom. The number of anilines is 4. The standard InChI is InChI=1S/C15H21N5/c1-10(2)13-14(16)17-9-18-15(13)19-11-5-7-12(8-6-11)20(3)4/h5-10H,1-4H3,(H3,16,17,18,19). The third kappa shape index (κ3) is 2.99. The molecule has 0 fully saturated rings. The van der Waals surface area contributed by atoms with Crippen LogP contribution in [0.1, 0.15) is 25.3 Å². The Balaban J connectivity index is 2.28. The van der Waals surface area contributed by atoms with Crippen LogP contribution in [0.15, 0.2) is 30.6 Å². The van der Waals surface area contributed by atoms with Gasteiger partial charge in [-0.1, -0.05) is 13.8 Å². The van der Waals surface area contributed by atoms with Gasteiger partial charge in [0.05, 0.1) is 0 Å². The van der Waals surface area contributed by atoms with E-state index in [4.69, 9.17) is 5.73 Å². The summed E-state index contributed by atoms with van der Waals surface area (Å²) in [6.45, 7) is 4.16. The highest BCUT2D eigenvalue weighted by atomic mass is 15.1. The first kappa shape index (κ1) is 14.1. The molecular formula is C15H21N5. The average molecular weight is 271 g/mol. The molecule has 0 saturated carbocycles. The van der Waals surface area contributed by atoms with Crippen molar-refractivity contribution in [3.05, 3.63) is 36.2 Å². The van der Waals surface area contributed by atoms with Gasteiger partial charge in [-0.25, -0.2) is 9.97 Å². The Bertz CT molecular complexity index is 575. The van der Waals surface area contributed by atoms with Crippen LogP contribution in [0.5, 0.6) is 0 Å². The molecule has 0 aliphatic carbocycles. The predicted molar refractivity (Wildman–Crippen MR) is 84.6 cm³/mol. The summed E-state index contributed by atoms with van der Waals surface area (Å²) in [5.74, 6) is 1.56. The smallest absolute Gasteiger partial charge is 0.139 e. The lowest BCUT2D eigenvalue weighted by Crippen LogP contribution is -2.09. The van der Waals surface area contributed by atoms with E-state index in [1.54, 1.807) is 0 Å². The molecule has 1 heterocycles. The Morgan fingerprint density at radius 2 is 1.75 bits per heavy atom. The maximum absolute atomic E-state index is 5.94. The Hall–Kier alpha value is -2.30. The Kier molecular flexibility index (Phi) is 4.08. The summed E-state index contributed by atoms with van der Waals surface area (Å²) in [6.07, 6.45) is 1.48. The summed E-state index contributed by atoms with van der Waals surface area (Å²) in [5.41, 5.74) is 9.03. The van der Waals surface area contributed by atoms with Crippen molar-refractivity contribution in [3.63, 3.8) is 0 Å². The van der Waals surface area contributed by atoms with Crippen molar-refractivity contribution in [2.75, 3.05) is 30.0 Å². The zero-order valence-corrected chi connectivity index (χ0v) is 12.4. The molecule has 0 spiro atoms. The van der Waals surface area contributed by atoms with E-state index in [0.29, 0.717) is 5.82 Å². The molecule has 5 heteroatoms. The topological polar surface area (TPSA) is 67.1 Å². The average Bonchev–Trinajstić information content (AvgIpc) is 2.39. The summed E-state index contributed by atoms with van der Waals surface area (Å²) in [6, 6.07) is 8.17. The summed E-state index contributed by atoms with van der Waals surface area (Å²) < 4.78 is 0. The fraction of sp³-hybridized carbons (Fsp3) is 0.333. The highest BCUT2D eigenvalue weighted by molar-refractivity contribution is 5.66. The minimum atomic E-state index is 0.264. The quantitative estimate of drug-likeness (QED) is 0.894. The van der Waals surface area contributed by atoms with Crippen molar-refractivity contribution in [1.29, 1.82) is 0 Å². The summed E-state index contributed by atoms with van der Waals surface area (Å²) in [4.78, 5) is 10.4. The van der Waals surface area contributed by atoms with E-state index in [0.717, 1.165) is 22.8 Å². The van der Waals surface area contributed by atoms with Gasteiger partial charge in [-0.15, -0.1) is 0 Å². The van der Waals surface area contributed by atoms with Crippen LogP contribution in [-0.2, 0) is 0 Å². The normalized spacial score (nSPS) is 10.7. The molecule has 20 heavy (non-hydrogen) atoms. The minimum absolute atomic E-state index is 0.264. The maximum atomic E-state index is 5.94. The Labute approximate surface area is 119 Å². The van der Waals surface area contributed by atoms with Crippen molar-refractivity contribution in [2.45, 2.75) is 19.8 Å². The molecule has 2 rings (SSSR count). The van der Waals surface area contributed by atoms with Gasteiger partial charge in [0.1, 0.15) is 18.0 Å². The number of aromatic nitrogens is 2. The minimum Gasteiger partial charge on any atom is -0.383 e. The lowest BCUT2D eigenvalue weighted by Gasteiger charge is -2.16. The van der Waals surface area contributed by atoms with Crippen LogP contribution < -0.4 is 16.0 Å². The fourth-order valence-corrected chi connectivity index (χ4v) is 2.06. The third-order valence-electron chi connectivity index (χ3n) is 3.14. The van der Waals surface area contributed by atoms with Crippen molar-refractivity contribution in [3.8, 4) is 0 Å². The molecule has 0 aliphatic rings. The number of nitrogens with two attached hydrogens (primary N) is 1. The number of nitrogen functional groups attached to an aromatic ring is 1. The van der Waals surface area contributed by atoms with Crippen LogP contribution >= 0.6 is 0 Å². The van der Waals surface area contributed by atoms with Gasteiger partial charge in [0, 0.05) is 31.0 Å². The molecule has 0 atom stereocenters. The molecule has 0 unspecified atom stereocenters. The van der Waals surface area contributed by atoms with Gasteiger partial charge in [0.25, 0.3) is 0 Å². The second-order valence-electron chi connectivity index (χ2n) is 5.24. The number of rotatable bonds is 4. The monoisotopic (exact) mass is 271 g/mol. The first-order valence-electron chi connectivity index (χ1n) is 6.64. The largest absolute Gasteiger partial charge is 0.383 e. The number of nitrogens with zero attached hydrogens (tertiary/aromatic N) is 3. The Morgan fingerprint density at radius 1 is 1.10 bits per heavy atom. The predicted octanol–water partition coefficient (Wildman–Crippen LogP) is 2.99. The first-order chi connectivity index (χ1) is 9.49. The van der Waals surface area contributed by atoms with Crippen LogP contribution in [0.25, 0.3) is 0 Å². The number of hydrogen-bond donors (Lipinski definition) is 2. The molecule has 3 N–H and O–H groups in total. The second-order valence-corrected chi connectivity index (χ2v) is 5.24. The van der Waals surface area contributed by atoms with E-state index >= 15 is 0 Å². The lowest BCUT2D eigenvalue weighted by molar-refractivity contribution is 0.855.